The average molecular weight is 417 g/mol. The minimum atomic E-state index is -0.362. The molecule has 0 aromatic heterocycles. The Kier molecular flexibility index (Phi) is 6.08. The molecular weight excluding hydrogens is 398 g/mol. The largest absolute Gasteiger partial charge is 0.484 e. The van der Waals surface area contributed by atoms with Gasteiger partial charge >= 0.3 is 0 Å². The molecule has 0 unspecified atom stereocenters. The van der Waals surface area contributed by atoms with Gasteiger partial charge in [0.1, 0.15) is 5.75 Å². The van der Waals surface area contributed by atoms with E-state index in [4.69, 9.17) is 14.2 Å². The SMILES string of the molecule is O=C(COc1ccc(/C=N/NC(=O)c2ccc3c(c2)OCO3)cc1)Nc1ccccc1. The zero-order valence-corrected chi connectivity index (χ0v) is 16.4. The standard InChI is InChI=1S/C23H19N3O5/c27-22(25-18-4-2-1-3-5-18)14-29-19-9-6-16(7-10-19)13-24-26-23(28)17-8-11-20-21(12-17)31-15-30-20/h1-13H,14-15H2,(H,25,27)(H,26,28)/b24-13+. The van der Waals surface area contributed by atoms with Gasteiger partial charge in [0.15, 0.2) is 18.1 Å². The van der Waals surface area contributed by atoms with Crippen molar-refractivity contribution >= 4 is 23.7 Å². The summed E-state index contributed by atoms with van der Waals surface area (Å²) < 4.78 is 16.0. The third-order valence-electron chi connectivity index (χ3n) is 4.32. The van der Waals surface area contributed by atoms with E-state index in [1.54, 1.807) is 54.6 Å². The molecule has 0 bridgehead atoms. The predicted molar refractivity (Wildman–Crippen MR) is 115 cm³/mol. The Balaban J connectivity index is 1.25. The molecule has 3 aromatic rings. The van der Waals surface area contributed by atoms with Crippen LogP contribution in [0.4, 0.5) is 5.69 Å². The van der Waals surface area contributed by atoms with Crippen LogP contribution < -0.4 is 25.0 Å². The van der Waals surface area contributed by atoms with Gasteiger partial charge in [-0.1, -0.05) is 18.2 Å². The fourth-order valence-electron chi connectivity index (χ4n) is 2.79. The first-order chi connectivity index (χ1) is 15.2. The monoisotopic (exact) mass is 417 g/mol. The smallest absolute Gasteiger partial charge is 0.271 e. The van der Waals surface area contributed by atoms with Gasteiger partial charge in [-0.05, 0) is 60.2 Å². The fourth-order valence-corrected chi connectivity index (χ4v) is 2.79. The zero-order chi connectivity index (χ0) is 21.5. The summed E-state index contributed by atoms with van der Waals surface area (Å²) in [6.45, 7) is 0.0455. The van der Waals surface area contributed by atoms with Crippen LogP contribution in [0.2, 0.25) is 0 Å². The number of anilines is 1. The molecule has 0 fully saturated rings. The number of para-hydroxylation sites is 1. The quantitative estimate of drug-likeness (QED) is 0.454. The summed E-state index contributed by atoms with van der Waals surface area (Å²) in [6.07, 6.45) is 1.51. The normalized spacial score (nSPS) is 11.9. The molecule has 3 aromatic carbocycles. The molecule has 0 saturated carbocycles. The number of fused-ring (bicyclic) bond motifs is 1. The lowest BCUT2D eigenvalue weighted by Crippen LogP contribution is -2.20. The Morgan fingerprint density at radius 3 is 2.55 bits per heavy atom. The van der Waals surface area contributed by atoms with Crippen molar-refractivity contribution in [1.29, 1.82) is 0 Å². The van der Waals surface area contributed by atoms with E-state index in [9.17, 15) is 9.59 Å². The maximum Gasteiger partial charge on any atom is 0.271 e. The topological polar surface area (TPSA) is 98.2 Å². The van der Waals surface area contributed by atoms with Crippen LogP contribution in [0.5, 0.6) is 17.2 Å². The number of hydrogen-bond acceptors (Lipinski definition) is 6. The molecular formula is C23H19N3O5. The number of nitrogens with zero attached hydrogens (tertiary/aromatic N) is 1. The third kappa shape index (κ3) is 5.39. The molecule has 1 heterocycles. The number of ether oxygens (including phenoxy) is 3. The van der Waals surface area contributed by atoms with Gasteiger partial charge in [-0.15, -0.1) is 0 Å². The van der Waals surface area contributed by atoms with Crippen molar-refractivity contribution in [3.8, 4) is 17.2 Å². The Bertz CT molecular complexity index is 1100. The summed E-state index contributed by atoms with van der Waals surface area (Å²) in [5, 5.41) is 6.71. The molecule has 156 valence electrons. The van der Waals surface area contributed by atoms with Crippen molar-refractivity contribution in [2.24, 2.45) is 5.10 Å². The molecule has 0 saturated heterocycles. The van der Waals surface area contributed by atoms with Crippen LogP contribution in [-0.2, 0) is 4.79 Å². The Labute approximate surface area is 178 Å². The summed E-state index contributed by atoms with van der Waals surface area (Å²) in [5.74, 6) is 1.08. The van der Waals surface area contributed by atoms with E-state index in [-0.39, 0.29) is 25.2 Å². The van der Waals surface area contributed by atoms with Gasteiger partial charge in [-0.3, -0.25) is 9.59 Å². The summed E-state index contributed by atoms with van der Waals surface area (Å²) >= 11 is 0. The van der Waals surface area contributed by atoms with Crippen molar-refractivity contribution in [1.82, 2.24) is 5.43 Å². The van der Waals surface area contributed by atoms with Crippen LogP contribution in [0.15, 0.2) is 77.9 Å². The maximum atomic E-state index is 12.2. The van der Waals surface area contributed by atoms with Crippen LogP contribution in [-0.4, -0.2) is 31.4 Å². The number of amides is 2. The van der Waals surface area contributed by atoms with Crippen molar-refractivity contribution in [2.75, 3.05) is 18.7 Å². The molecule has 0 aliphatic carbocycles. The molecule has 0 atom stereocenters. The minimum Gasteiger partial charge on any atom is -0.484 e. The van der Waals surface area contributed by atoms with Gasteiger partial charge < -0.3 is 19.5 Å². The summed E-state index contributed by atoms with van der Waals surface area (Å²) in [5.41, 5.74) is 4.35. The van der Waals surface area contributed by atoms with Crippen LogP contribution >= 0.6 is 0 Å². The van der Waals surface area contributed by atoms with E-state index in [1.807, 2.05) is 18.2 Å². The van der Waals surface area contributed by atoms with Crippen LogP contribution in [0, 0.1) is 0 Å². The lowest BCUT2D eigenvalue weighted by atomic mass is 10.2. The van der Waals surface area contributed by atoms with E-state index >= 15 is 0 Å². The molecule has 1 aliphatic rings. The van der Waals surface area contributed by atoms with Crippen LogP contribution in [0.25, 0.3) is 0 Å². The third-order valence-corrected chi connectivity index (χ3v) is 4.32. The molecule has 4 rings (SSSR count). The highest BCUT2D eigenvalue weighted by molar-refractivity contribution is 5.95. The predicted octanol–water partition coefficient (Wildman–Crippen LogP) is 3.20. The second-order valence-electron chi connectivity index (χ2n) is 6.54. The van der Waals surface area contributed by atoms with Gasteiger partial charge in [0.05, 0.1) is 6.21 Å². The number of carbonyl (C=O) groups excluding carboxylic acids is 2. The number of rotatable bonds is 7. The summed E-state index contributed by atoms with van der Waals surface area (Å²) in [6, 6.07) is 21.1. The van der Waals surface area contributed by atoms with Crippen LogP contribution in [0.3, 0.4) is 0 Å². The van der Waals surface area contributed by atoms with E-state index in [2.05, 4.69) is 15.8 Å². The van der Waals surface area contributed by atoms with Gasteiger partial charge in [-0.25, -0.2) is 5.43 Å². The molecule has 8 heteroatoms. The van der Waals surface area contributed by atoms with Crippen molar-refractivity contribution in [2.45, 2.75) is 0 Å². The van der Waals surface area contributed by atoms with Gasteiger partial charge in [-0.2, -0.15) is 5.10 Å². The van der Waals surface area contributed by atoms with Crippen molar-refractivity contribution < 1.29 is 23.8 Å². The summed E-state index contributed by atoms with van der Waals surface area (Å²) in [7, 11) is 0. The van der Waals surface area contributed by atoms with Gasteiger partial charge in [0.25, 0.3) is 11.8 Å². The lowest BCUT2D eigenvalue weighted by molar-refractivity contribution is -0.118. The minimum absolute atomic E-state index is 0.103. The van der Waals surface area contributed by atoms with E-state index in [0.717, 1.165) is 5.56 Å². The van der Waals surface area contributed by atoms with Gasteiger partial charge in [0.2, 0.25) is 6.79 Å². The first-order valence-corrected chi connectivity index (χ1v) is 9.48. The molecule has 1 aliphatic heterocycles. The average Bonchev–Trinajstić information content (AvgIpc) is 3.27. The van der Waals surface area contributed by atoms with Gasteiger partial charge in [0, 0.05) is 11.3 Å². The van der Waals surface area contributed by atoms with Crippen LogP contribution in [0.1, 0.15) is 15.9 Å². The van der Waals surface area contributed by atoms with E-state index in [1.165, 1.54) is 6.21 Å². The van der Waals surface area contributed by atoms with Crippen molar-refractivity contribution in [3.63, 3.8) is 0 Å². The van der Waals surface area contributed by atoms with E-state index < -0.39 is 0 Å². The highest BCUT2D eigenvalue weighted by Crippen LogP contribution is 2.32. The molecule has 2 amide bonds. The first kappa shape index (κ1) is 20.0. The fraction of sp³-hybridized carbons (Fsp3) is 0.0870. The molecule has 8 nitrogen and oxygen atoms in total. The molecule has 31 heavy (non-hydrogen) atoms. The Morgan fingerprint density at radius 2 is 1.74 bits per heavy atom. The molecule has 0 spiro atoms. The maximum absolute atomic E-state index is 12.2. The zero-order valence-electron chi connectivity index (χ0n) is 16.4. The van der Waals surface area contributed by atoms with E-state index in [0.29, 0.717) is 28.5 Å². The number of hydrazone groups is 1. The molecule has 0 radical (unpaired) electrons. The highest BCUT2D eigenvalue weighted by atomic mass is 16.7. The second-order valence-corrected chi connectivity index (χ2v) is 6.54. The molecule has 2 N–H and O–H groups in total. The highest BCUT2D eigenvalue weighted by Gasteiger charge is 2.15. The number of hydrogen-bond donors (Lipinski definition) is 2. The first-order valence-electron chi connectivity index (χ1n) is 9.48. The lowest BCUT2D eigenvalue weighted by Gasteiger charge is -2.07. The van der Waals surface area contributed by atoms with Crippen molar-refractivity contribution in [3.05, 3.63) is 83.9 Å². The Morgan fingerprint density at radius 1 is 0.968 bits per heavy atom. The summed E-state index contributed by atoms with van der Waals surface area (Å²) in [4.78, 5) is 24.1. The number of nitrogens with one attached hydrogen (secondary N) is 2. The number of benzene rings is 3. The second kappa shape index (κ2) is 9.45. The number of carbonyl (C=O) groups is 2. The Hall–Kier alpha value is -4.33.